The van der Waals surface area contributed by atoms with Crippen molar-refractivity contribution in [1.29, 1.82) is 0 Å². The Morgan fingerprint density at radius 2 is 1.79 bits per heavy atom. The van der Waals surface area contributed by atoms with E-state index in [1.807, 2.05) is 0 Å². The van der Waals surface area contributed by atoms with Crippen LogP contribution in [-0.4, -0.2) is 47.3 Å². The lowest BCUT2D eigenvalue weighted by molar-refractivity contribution is -0.132. The van der Waals surface area contributed by atoms with Gasteiger partial charge in [0.2, 0.25) is 0 Å². The minimum atomic E-state index is -0.395. The number of benzene rings is 1. The Kier molecular flexibility index (Phi) is 2.79. The molecule has 0 atom stereocenters. The first-order chi connectivity index (χ1) is 9.18. The highest BCUT2D eigenvalue weighted by molar-refractivity contribution is 6.22. The summed E-state index contributed by atoms with van der Waals surface area (Å²) >= 11 is 0. The fourth-order valence-electron chi connectivity index (χ4n) is 2.35. The van der Waals surface area contributed by atoms with Gasteiger partial charge in [0.25, 0.3) is 17.7 Å². The molecule has 19 heavy (non-hydrogen) atoms. The van der Waals surface area contributed by atoms with Gasteiger partial charge in [0.1, 0.15) is 6.54 Å². The Balaban J connectivity index is 1.78. The molecule has 0 bridgehead atoms. The second kappa shape index (κ2) is 4.47. The van der Waals surface area contributed by atoms with Gasteiger partial charge in [0.15, 0.2) is 0 Å². The van der Waals surface area contributed by atoms with Crippen LogP contribution in [0.5, 0.6) is 0 Å². The molecule has 0 saturated carbocycles. The maximum Gasteiger partial charge on any atom is 0.262 e. The van der Waals surface area contributed by atoms with Crippen LogP contribution in [0.1, 0.15) is 27.1 Å². The third-order valence-electron chi connectivity index (χ3n) is 3.33. The molecule has 0 spiro atoms. The highest BCUT2D eigenvalue weighted by Gasteiger charge is 2.37. The van der Waals surface area contributed by atoms with Gasteiger partial charge < -0.3 is 0 Å². The summed E-state index contributed by atoms with van der Waals surface area (Å²) in [6.45, 7) is 1.15. The van der Waals surface area contributed by atoms with Gasteiger partial charge in [-0.3, -0.25) is 24.3 Å². The summed E-state index contributed by atoms with van der Waals surface area (Å²) in [7, 11) is 0. The van der Waals surface area contributed by atoms with Crippen molar-refractivity contribution >= 4 is 17.7 Å². The number of rotatable bonds is 2. The predicted octanol–water partition coefficient (Wildman–Crippen LogP) is 0.0195. The molecule has 3 rings (SSSR count). The molecule has 1 aromatic carbocycles. The number of nitrogens with zero attached hydrogens (tertiary/aromatic N) is 2. The van der Waals surface area contributed by atoms with Crippen molar-refractivity contribution in [2.75, 3.05) is 19.6 Å². The van der Waals surface area contributed by atoms with E-state index >= 15 is 0 Å². The average molecular weight is 259 g/mol. The maximum atomic E-state index is 12.1. The zero-order valence-electron chi connectivity index (χ0n) is 10.3. The molecule has 0 aliphatic carbocycles. The molecule has 1 aromatic rings. The van der Waals surface area contributed by atoms with Gasteiger partial charge in [-0.15, -0.1) is 0 Å². The first-order valence-corrected chi connectivity index (χ1v) is 6.17. The van der Waals surface area contributed by atoms with Crippen LogP contribution in [0.25, 0.3) is 0 Å². The minimum absolute atomic E-state index is 0.209. The lowest BCUT2D eigenvalue weighted by Gasteiger charge is -2.19. The van der Waals surface area contributed by atoms with E-state index in [-0.39, 0.29) is 12.5 Å². The van der Waals surface area contributed by atoms with E-state index in [1.54, 1.807) is 24.3 Å². The summed E-state index contributed by atoms with van der Waals surface area (Å²) in [4.78, 5) is 37.1. The van der Waals surface area contributed by atoms with E-state index in [0.29, 0.717) is 17.7 Å². The number of carbonyl (C=O) groups excluding carboxylic acids is 3. The van der Waals surface area contributed by atoms with Gasteiger partial charge in [-0.05, 0) is 18.6 Å². The van der Waals surface area contributed by atoms with Gasteiger partial charge in [0.05, 0.1) is 11.1 Å². The van der Waals surface area contributed by atoms with Crippen LogP contribution in [0.3, 0.4) is 0 Å². The summed E-state index contributed by atoms with van der Waals surface area (Å²) < 4.78 is 0. The Hall–Kier alpha value is -2.21. The lowest BCUT2D eigenvalue weighted by Crippen LogP contribution is -2.45. The molecule has 6 heteroatoms. The highest BCUT2D eigenvalue weighted by Crippen LogP contribution is 2.22. The van der Waals surface area contributed by atoms with Crippen LogP contribution in [0, 0.1) is 0 Å². The molecule has 98 valence electrons. The monoisotopic (exact) mass is 259 g/mol. The lowest BCUT2D eigenvalue weighted by atomic mass is 10.1. The fourth-order valence-corrected chi connectivity index (χ4v) is 2.35. The van der Waals surface area contributed by atoms with E-state index in [4.69, 9.17) is 0 Å². The SMILES string of the molecule is O=C(CN1C(=O)c2ccccc2C1=O)N1CCCN1. The number of imide groups is 1. The van der Waals surface area contributed by atoms with Gasteiger partial charge in [0, 0.05) is 13.1 Å². The molecular formula is C13H13N3O3. The summed E-state index contributed by atoms with van der Waals surface area (Å²) in [5.41, 5.74) is 3.66. The smallest absolute Gasteiger partial charge is 0.262 e. The molecule has 6 nitrogen and oxygen atoms in total. The zero-order chi connectivity index (χ0) is 13.4. The molecule has 2 aliphatic rings. The maximum absolute atomic E-state index is 12.1. The first kappa shape index (κ1) is 11.9. The molecule has 1 saturated heterocycles. The van der Waals surface area contributed by atoms with Crippen molar-refractivity contribution < 1.29 is 14.4 Å². The Morgan fingerprint density at radius 3 is 2.32 bits per heavy atom. The normalized spacial score (nSPS) is 18.1. The molecule has 3 amide bonds. The van der Waals surface area contributed by atoms with Crippen molar-refractivity contribution in [2.24, 2.45) is 0 Å². The van der Waals surface area contributed by atoms with Crippen molar-refractivity contribution in [3.05, 3.63) is 35.4 Å². The molecule has 2 aliphatic heterocycles. The van der Waals surface area contributed by atoms with Gasteiger partial charge in [-0.2, -0.15) is 0 Å². The Labute approximate surface area is 109 Å². The molecule has 1 N–H and O–H groups in total. The van der Waals surface area contributed by atoms with E-state index in [2.05, 4.69) is 5.43 Å². The van der Waals surface area contributed by atoms with Crippen molar-refractivity contribution in [3.63, 3.8) is 0 Å². The quantitative estimate of drug-likeness (QED) is 0.760. The number of fused-ring (bicyclic) bond motifs is 1. The van der Waals surface area contributed by atoms with Crippen LogP contribution in [-0.2, 0) is 4.79 Å². The van der Waals surface area contributed by atoms with Gasteiger partial charge in [-0.1, -0.05) is 12.1 Å². The summed E-state index contributed by atoms with van der Waals surface area (Å²) in [6, 6.07) is 6.62. The van der Waals surface area contributed by atoms with Crippen molar-refractivity contribution in [2.45, 2.75) is 6.42 Å². The number of hydrazine groups is 1. The summed E-state index contributed by atoms with van der Waals surface area (Å²) in [5, 5.41) is 1.46. The summed E-state index contributed by atoms with van der Waals surface area (Å²) in [6.07, 6.45) is 0.883. The largest absolute Gasteiger partial charge is 0.276 e. The van der Waals surface area contributed by atoms with Crippen LogP contribution < -0.4 is 5.43 Å². The second-order valence-corrected chi connectivity index (χ2v) is 4.55. The molecule has 0 unspecified atom stereocenters. The molecular weight excluding hydrogens is 246 g/mol. The van der Waals surface area contributed by atoms with Crippen LogP contribution >= 0.6 is 0 Å². The fraction of sp³-hybridized carbons (Fsp3) is 0.308. The van der Waals surface area contributed by atoms with E-state index < -0.39 is 11.8 Å². The minimum Gasteiger partial charge on any atom is -0.276 e. The van der Waals surface area contributed by atoms with E-state index in [0.717, 1.165) is 17.9 Å². The highest BCUT2D eigenvalue weighted by atomic mass is 16.2. The standard InChI is InChI=1S/C13H13N3O3/c17-11(16-7-3-6-14-16)8-15-12(18)9-4-1-2-5-10(9)13(15)19/h1-2,4-5,14H,3,6-8H2. The predicted molar refractivity (Wildman–Crippen MR) is 66.1 cm³/mol. The number of hydrogen-bond donors (Lipinski definition) is 1. The molecule has 0 radical (unpaired) electrons. The van der Waals surface area contributed by atoms with Crippen molar-refractivity contribution in [1.82, 2.24) is 15.3 Å². The van der Waals surface area contributed by atoms with Gasteiger partial charge in [-0.25, -0.2) is 5.43 Å². The summed E-state index contributed by atoms with van der Waals surface area (Å²) in [5.74, 6) is -1.05. The van der Waals surface area contributed by atoms with Crippen LogP contribution in [0.15, 0.2) is 24.3 Å². The van der Waals surface area contributed by atoms with E-state index in [9.17, 15) is 14.4 Å². The number of amides is 3. The zero-order valence-corrected chi connectivity index (χ0v) is 10.3. The molecule has 0 aromatic heterocycles. The van der Waals surface area contributed by atoms with Crippen LogP contribution in [0.4, 0.5) is 0 Å². The van der Waals surface area contributed by atoms with E-state index in [1.165, 1.54) is 5.01 Å². The van der Waals surface area contributed by atoms with Gasteiger partial charge >= 0.3 is 0 Å². The second-order valence-electron chi connectivity index (χ2n) is 4.55. The van der Waals surface area contributed by atoms with Crippen LogP contribution in [0.2, 0.25) is 0 Å². The topological polar surface area (TPSA) is 69.7 Å². The Morgan fingerprint density at radius 1 is 1.16 bits per heavy atom. The average Bonchev–Trinajstić information content (AvgIpc) is 3.03. The first-order valence-electron chi connectivity index (χ1n) is 6.17. The third-order valence-corrected chi connectivity index (χ3v) is 3.33. The third kappa shape index (κ3) is 1.90. The number of carbonyl (C=O) groups is 3. The number of nitrogens with one attached hydrogen (secondary N) is 1. The number of hydrogen-bond acceptors (Lipinski definition) is 4. The van der Waals surface area contributed by atoms with Crippen molar-refractivity contribution in [3.8, 4) is 0 Å². The molecule has 2 heterocycles. The Bertz CT molecular complexity index is 529. The molecule has 1 fully saturated rings.